The largest absolute Gasteiger partial charge is 0.347 e. The van der Waals surface area contributed by atoms with Crippen molar-refractivity contribution in [2.24, 2.45) is 5.92 Å². The second-order valence-corrected chi connectivity index (χ2v) is 4.81. The van der Waals surface area contributed by atoms with Crippen molar-refractivity contribution in [2.45, 2.75) is 13.8 Å². The SMILES string of the molecule is CC(C)C(=O)NCC(=O)Nc1cccc(Cl)c1Cl. The predicted octanol–water partition coefficient (Wildman–Crippen LogP) is 2.70. The van der Waals surface area contributed by atoms with E-state index in [0.29, 0.717) is 10.7 Å². The summed E-state index contributed by atoms with van der Waals surface area (Å²) in [4.78, 5) is 22.9. The first kappa shape index (κ1) is 14.8. The molecule has 2 amide bonds. The molecule has 0 radical (unpaired) electrons. The Morgan fingerprint density at radius 3 is 2.56 bits per heavy atom. The summed E-state index contributed by atoms with van der Waals surface area (Å²) in [5.74, 6) is -0.692. The van der Waals surface area contributed by atoms with Crippen molar-refractivity contribution in [3.63, 3.8) is 0 Å². The Hall–Kier alpha value is -1.26. The number of anilines is 1. The molecule has 0 bridgehead atoms. The van der Waals surface area contributed by atoms with Crippen LogP contribution in [-0.4, -0.2) is 18.4 Å². The molecular formula is C12H14Cl2N2O2. The Bertz CT molecular complexity index is 461. The maximum absolute atomic E-state index is 11.6. The molecule has 0 aliphatic carbocycles. The van der Waals surface area contributed by atoms with Crippen LogP contribution >= 0.6 is 23.2 Å². The van der Waals surface area contributed by atoms with Gasteiger partial charge in [-0.15, -0.1) is 0 Å². The summed E-state index contributed by atoms with van der Waals surface area (Å²) in [6.07, 6.45) is 0. The number of rotatable bonds is 4. The maximum Gasteiger partial charge on any atom is 0.243 e. The van der Waals surface area contributed by atoms with Crippen LogP contribution in [0.25, 0.3) is 0 Å². The zero-order valence-electron chi connectivity index (χ0n) is 10.1. The normalized spacial score (nSPS) is 10.3. The Labute approximate surface area is 116 Å². The fourth-order valence-corrected chi connectivity index (χ4v) is 1.51. The van der Waals surface area contributed by atoms with Gasteiger partial charge in [-0.3, -0.25) is 9.59 Å². The van der Waals surface area contributed by atoms with Crippen molar-refractivity contribution >= 4 is 40.7 Å². The standard InChI is InChI=1S/C12H14Cl2N2O2/c1-7(2)12(18)15-6-10(17)16-9-5-3-4-8(13)11(9)14/h3-5,7H,6H2,1-2H3,(H,15,18)(H,16,17). The minimum atomic E-state index is -0.354. The molecule has 0 saturated carbocycles. The van der Waals surface area contributed by atoms with Crippen LogP contribution < -0.4 is 10.6 Å². The Kier molecular flexibility index (Phi) is 5.44. The van der Waals surface area contributed by atoms with Crippen LogP contribution in [-0.2, 0) is 9.59 Å². The molecule has 4 nitrogen and oxygen atoms in total. The number of amides is 2. The Morgan fingerprint density at radius 1 is 1.28 bits per heavy atom. The van der Waals surface area contributed by atoms with Crippen molar-refractivity contribution in [1.29, 1.82) is 0 Å². The predicted molar refractivity (Wildman–Crippen MR) is 72.9 cm³/mol. The van der Waals surface area contributed by atoms with Gasteiger partial charge in [-0.2, -0.15) is 0 Å². The van der Waals surface area contributed by atoms with E-state index in [1.807, 2.05) is 0 Å². The molecular weight excluding hydrogens is 275 g/mol. The highest BCUT2D eigenvalue weighted by molar-refractivity contribution is 6.44. The third-order valence-corrected chi connectivity index (χ3v) is 2.99. The highest BCUT2D eigenvalue weighted by Crippen LogP contribution is 2.29. The van der Waals surface area contributed by atoms with Crippen LogP contribution in [0.3, 0.4) is 0 Å². The number of halogens is 2. The van der Waals surface area contributed by atoms with Gasteiger partial charge >= 0.3 is 0 Å². The molecule has 0 aliphatic heterocycles. The monoisotopic (exact) mass is 288 g/mol. The lowest BCUT2D eigenvalue weighted by atomic mass is 10.2. The van der Waals surface area contributed by atoms with E-state index in [9.17, 15) is 9.59 Å². The van der Waals surface area contributed by atoms with E-state index in [2.05, 4.69) is 10.6 Å². The van der Waals surface area contributed by atoms with E-state index >= 15 is 0 Å². The first-order valence-corrected chi connectivity index (χ1v) is 6.19. The molecule has 0 heterocycles. The summed E-state index contributed by atoms with van der Waals surface area (Å²) in [5.41, 5.74) is 0.424. The van der Waals surface area contributed by atoms with Crippen molar-refractivity contribution < 1.29 is 9.59 Å². The fraction of sp³-hybridized carbons (Fsp3) is 0.333. The highest BCUT2D eigenvalue weighted by Gasteiger charge is 2.11. The van der Waals surface area contributed by atoms with Crippen LogP contribution in [0.4, 0.5) is 5.69 Å². The smallest absolute Gasteiger partial charge is 0.243 e. The van der Waals surface area contributed by atoms with Crippen LogP contribution in [0, 0.1) is 5.92 Å². The van der Waals surface area contributed by atoms with Crippen LogP contribution in [0.1, 0.15) is 13.8 Å². The van der Waals surface area contributed by atoms with Gasteiger partial charge in [0.15, 0.2) is 0 Å². The van der Waals surface area contributed by atoms with Crippen LogP contribution in [0.15, 0.2) is 18.2 Å². The molecule has 0 fully saturated rings. The van der Waals surface area contributed by atoms with E-state index in [0.717, 1.165) is 0 Å². The quantitative estimate of drug-likeness (QED) is 0.895. The van der Waals surface area contributed by atoms with Gasteiger partial charge in [-0.25, -0.2) is 0 Å². The van der Waals surface area contributed by atoms with Gasteiger partial charge in [0, 0.05) is 5.92 Å². The number of carbonyl (C=O) groups is 2. The van der Waals surface area contributed by atoms with Crippen molar-refractivity contribution in [2.75, 3.05) is 11.9 Å². The summed E-state index contributed by atoms with van der Waals surface area (Å²) in [6, 6.07) is 4.94. The summed E-state index contributed by atoms with van der Waals surface area (Å²) in [6.45, 7) is 3.40. The van der Waals surface area contributed by atoms with E-state index in [-0.39, 0.29) is 29.3 Å². The lowest BCUT2D eigenvalue weighted by molar-refractivity contribution is -0.126. The maximum atomic E-state index is 11.6. The van der Waals surface area contributed by atoms with Crippen molar-refractivity contribution in [3.05, 3.63) is 28.2 Å². The Balaban J connectivity index is 2.55. The molecule has 0 aliphatic rings. The van der Waals surface area contributed by atoms with Crippen molar-refractivity contribution in [1.82, 2.24) is 5.32 Å². The lowest BCUT2D eigenvalue weighted by Crippen LogP contribution is -2.35. The minimum absolute atomic E-state index is 0.0974. The topological polar surface area (TPSA) is 58.2 Å². The van der Waals surface area contributed by atoms with Gasteiger partial charge in [0.1, 0.15) is 0 Å². The molecule has 6 heteroatoms. The van der Waals surface area contributed by atoms with Crippen LogP contribution in [0.2, 0.25) is 10.0 Å². The number of hydrogen-bond donors (Lipinski definition) is 2. The van der Waals surface area contributed by atoms with E-state index in [4.69, 9.17) is 23.2 Å². The molecule has 0 aromatic heterocycles. The molecule has 18 heavy (non-hydrogen) atoms. The van der Waals surface area contributed by atoms with E-state index in [1.54, 1.807) is 32.0 Å². The third-order valence-electron chi connectivity index (χ3n) is 2.17. The molecule has 98 valence electrons. The molecule has 0 saturated heterocycles. The zero-order valence-corrected chi connectivity index (χ0v) is 11.6. The minimum Gasteiger partial charge on any atom is -0.347 e. The summed E-state index contributed by atoms with van der Waals surface area (Å²) in [7, 11) is 0. The highest BCUT2D eigenvalue weighted by atomic mass is 35.5. The molecule has 2 N–H and O–H groups in total. The second kappa shape index (κ2) is 6.61. The number of hydrogen-bond acceptors (Lipinski definition) is 2. The molecule has 0 atom stereocenters. The summed E-state index contributed by atoms with van der Waals surface area (Å²) >= 11 is 11.7. The molecule has 0 spiro atoms. The van der Waals surface area contributed by atoms with Gasteiger partial charge in [-0.05, 0) is 12.1 Å². The fourth-order valence-electron chi connectivity index (χ4n) is 1.17. The molecule has 1 rings (SSSR count). The van der Waals surface area contributed by atoms with Crippen LogP contribution in [0.5, 0.6) is 0 Å². The Morgan fingerprint density at radius 2 is 1.94 bits per heavy atom. The van der Waals surface area contributed by atoms with Gasteiger partial charge in [0.25, 0.3) is 0 Å². The third kappa shape index (κ3) is 4.20. The first-order valence-electron chi connectivity index (χ1n) is 5.43. The number of benzene rings is 1. The van der Waals surface area contributed by atoms with Gasteiger partial charge in [-0.1, -0.05) is 43.1 Å². The van der Waals surface area contributed by atoms with Gasteiger partial charge < -0.3 is 10.6 Å². The summed E-state index contributed by atoms with van der Waals surface area (Å²) in [5, 5.41) is 5.73. The van der Waals surface area contributed by atoms with Gasteiger partial charge in [0.05, 0.1) is 22.3 Å². The average Bonchev–Trinajstić information content (AvgIpc) is 2.32. The first-order chi connectivity index (χ1) is 8.41. The van der Waals surface area contributed by atoms with E-state index in [1.165, 1.54) is 0 Å². The number of nitrogens with one attached hydrogen (secondary N) is 2. The molecule has 0 unspecified atom stereocenters. The van der Waals surface area contributed by atoms with Gasteiger partial charge in [0.2, 0.25) is 11.8 Å². The zero-order chi connectivity index (χ0) is 13.7. The molecule has 1 aromatic rings. The lowest BCUT2D eigenvalue weighted by Gasteiger charge is -2.10. The second-order valence-electron chi connectivity index (χ2n) is 4.02. The number of carbonyl (C=O) groups excluding carboxylic acids is 2. The van der Waals surface area contributed by atoms with E-state index < -0.39 is 0 Å². The van der Waals surface area contributed by atoms with Crippen molar-refractivity contribution in [3.8, 4) is 0 Å². The molecule has 1 aromatic carbocycles. The average molecular weight is 289 g/mol. The summed E-state index contributed by atoms with van der Waals surface area (Å²) < 4.78 is 0.